The molecule has 0 aliphatic rings. The summed E-state index contributed by atoms with van der Waals surface area (Å²) in [7, 11) is -2.85. The molecular weight excluding hydrogens is 220 g/mol. The summed E-state index contributed by atoms with van der Waals surface area (Å²) in [5.74, 6) is 1.47. The minimum atomic E-state index is -2.85. The van der Waals surface area contributed by atoms with E-state index in [1.54, 1.807) is 6.92 Å². The predicted octanol–water partition coefficient (Wildman–Crippen LogP) is 3.66. The standard InChI is InChI=1S/C13H28O2S/c1-6-16(14,15)13(9-7-11(2)3)10-8-12(4)5/h11-13H,6-10H2,1-5H3. The Morgan fingerprint density at radius 1 is 0.812 bits per heavy atom. The van der Waals surface area contributed by atoms with E-state index >= 15 is 0 Å². The van der Waals surface area contributed by atoms with Crippen LogP contribution in [0.15, 0.2) is 0 Å². The van der Waals surface area contributed by atoms with Crippen molar-refractivity contribution in [3.8, 4) is 0 Å². The zero-order valence-corrected chi connectivity index (χ0v) is 12.3. The minimum absolute atomic E-state index is 0.109. The molecule has 0 aromatic heterocycles. The average molecular weight is 248 g/mol. The largest absolute Gasteiger partial charge is 0.229 e. The lowest BCUT2D eigenvalue weighted by atomic mass is 10.0. The maximum atomic E-state index is 11.9. The smallest absolute Gasteiger partial charge is 0.152 e. The molecule has 0 spiro atoms. The van der Waals surface area contributed by atoms with Gasteiger partial charge in [0.15, 0.2) is 9.84 Å². The van der Waals surface area contributed by atoms with E-state index in [9.17, 15) is 8.42 Å². The van der Waals surface area contributed by atoms with Gasteiger partial charge in [0.2, 0.25) is 0 Å². The third kappa shape index (κ3) is 6.51. The van der Waals surface area contributed by atoms with Gasteiger partial charge in [-0.3, -0.25) is 0 Å². The van der Waals surface area contributed by atoms with Crippen molar-refractivity contribution in [3.05, 3.63) is 0 Å². The van der Waals surface area contributed by atoms with E-state index in [-0.39, 0.29) is 11.0 Å². The second kappa shape index (κ2) is 7.31. The summed E-state index contributed by atoms with van der Waals surface area (Å²) in [4.78, 5) is 0. The van der Waals surface area contributed by atoms with Gasteiger partial charge in [0.05, 0.1) is 5.25 Å². The third-order valence-electron chi connectivity index (χ3n) is 3.04. The highest BCUT2D eigenvalue weighted by Crippen LogP contribution is 2.20. The Bertz CT molecular complexity index is 254. The molecule has 0 N–H and O–H groups in total. The predicted molar refractivity (Wildman–Crippen MR) is 71.4 cm³/mol. The van der Waals surface area contributed by atoms with Crippen LogP contribution in [0.2, 0.25) is 0 Å². The highest BCUT2D eigenvalue weighted by molar-refractivity contribution is 7.91. The SMILES string of the molecule is CCS(=O)(=O)C(CCC(C)C)CCC(C)C. The van der Waals surface area contributed by atoms with Crippen molar-refractivity contribution in [2.45, 2.75) is 65.6 Å². The number of rotatable bonds is 8. The molecule has 0 aliphatic carbocycles. The first-order valence-electron chi connectivity index (χ1n) is 6.51. The summed E-state index contributed by atoms with van der Waals surface area (Å²) in [6, 6.07) is 0. The molecule has 0 aromatic carbocycles. The van der Waals surface area contributed by atoms with E-state index in [0.29, 0.717) is 11.8 Å². The van der Waals surface area contributed by atoms with Crippen molar-refractivity contribution in [1.82, 2.24) is 0 Å². The monoisotopic (exact) mass is 248 g/mol. The van der Waals surface area contributed by atoms with Crippen molar-refractivity contribution in [1.29, 1.82) is 0 Å². The van der Waals surface area contributed by atoms with Crippen molar-refractivity contribution >= 4 is 9.84 Å². The molecule has 0 rings (SSSR count). The van der Waals surface area contributed by atoms with Crippen molar-refractivity contribution < 1.29 is 8.42 Å². The molecule has 0 heterocycles. The van der Waals surface area contributed by atoms with Gasteiger partial charge in [0.25, 0.3) is 0 Å². The molecule has 0 unspecified atom stereocenters. The van der Waals surface area contributed by atoms with Crippen LogP contribution in [-0.2, 0) is 9.84 Å². The molecule has 0 bridgehead atoms. The highest BCUT2D eigenvalue weighted by atomic mass is 32.2. The van der Waals surface area contributed by atoms with E-state index in [4.69, 9.17) is 0 Å². The van der Waals surface area contributed by atoms with Gasteiger partial charge in [-0.05, 0) is 37.5 Å². The number of hydrogen-bond donors (Lipinski definition) is 0. The summed E-state index contributed by atoms with van der Waals surface area (Å²) in [5, 5.41) is -0.109. The molecule has 0 aliphatic heterocycles. The van der Waals surface area contributed by atoms with E-state index in [1.807, 2.05) is 0 Å². The molecule has 98 valence electrons. The topological polar surface area (TPSA) is 34.1 Å². The zero-order valence-electron chi connectivity index (χ0n) is 11.5. The van der Waals surface area contributed by atoms with Crippen LogP contribution < -0.4 is 0 Å². The summed E-state index contributed by atoms with van der Waals surface area (Å²) < 4.78 is 23.8. The average Bonchev–Trinajstić information content (AvgIpc) is 2.16. The molecule has 2 nitrogen and oxygen atoms in total. The van der Waals surface area contributed by atoms with Gasteiger partial charge in [-0.1, -0.05) is 34.6 Å². The molecule has 3 heteroatoms. The van der Waals surface area contributed by atoms with E-state index in [2.05, 4.69) is 27.7 Å². The second-order valence-electron chi connectivity index (χ2n) is 5.52. The molecule has 0 saturated heterocycles. The van der Waals surface area contributed by atoms with Crippen LogP contribution in [0.25, 0.3) is 0 Å². The Kier molecular flexibility index (Phi) is 7.29. The van der Waals surface area contributed by atoms with Gasteiger partial charge >= 0.3 is 0 Å². The van der Waals surface area contributed by atoms with Crippen LogP contribution in [0.1, 0.15) is 60.3 Å². The first kappa shape index (κ1) is 16.0. The summed E-state index contributed by atoms with van der Waals surface area (Å²) in [5.41, 5.74) is 0. The summed E-state index contributed by atoms with van der Waals surface area (Å²) >= 11 is 0. The lowest BCUT2D eigenvalue weighted by molar-refractivity contribution is 0.474. The van der Waals surface area contributed by atoms with Crippen LogP contribution in [-0.4, -0.2) is 19.4 Å². The van der Waals surface area contributed by atoms with Crippen molar-refractivity contribution in [3.63, 3.8) is 0 Å². The van der Waals surface area contributed by atoms with Gasteiger partial charge in [-0.2, -0.15) is 0 Å². The maximum Gasteiger partial charge on any atom is 0.152 e. The van der Waals surface area contributed by atoms with E-state index < -0.39 is 9.84 Å². The Morgan fingerprint density at radius 3 is 1.44 bits per heavy atom. The summed E-state index contributed by atoms with van der Waals surface area (Å²) in [6.07, 6.45) is 3.70. The van der Waals surface area contributed by atoms with E-state index in [0.717, 1.165) is 25.7 Å². The van der Waals surface area contributed by atoms with Crippen LogP contribution in [0.4, 0.5) is 0 Å². The Morgan fingerprint density at radius 2 is 1.19 bits per heavy atom. The fraction of sp³-hybridized carbons (Fsp3) is 1.00. The first-order chi connectivity index (χ1) is 7.29. The number of hydrogen-bond acceptors (Lipinski definition) is 2. The number of sulfone groups is 1. The molecule has 0 saturated carbocycles. The molecule has 16 heavy (non-hydrogen) atoms. The lowest BCUT2D eigenvalue weighted by Crippen LogP contribution is -2.24. The summed E-state index contributed by atoms with van der Waals surface area (Å²) in [6.45, 7) is 10.4. The normalized spacial score (nSPS) is 13.0. The molecule has 0 radical (unpaired) electrons. The third-order valence-corrected chi connectivity index (χ3v) is 5.33. The van der Waals surface area contributed by atoms with Gasteiger partial charge in [0, 0.05) is 5.75 Å². The Hall–Kier alpha value is -0.0500. The first-order valence-corrected chi connectivity index (χ1v) is 8.22. The fourth-order valence-electron chi connectivity index (χ4n) is 1.78. The van der Waals surface area contributed by atoms with Gasteiger partial charge in [-0.15, -0.1) is 0 Å². The maximum absolute atomic E-state index is 11.9. The minimum Gasteiger partial charge on any atom is -0.229 e. The molecule has 0 fully saturated rings. The quantitative estimate of drug-likeness (QED) is 0.657. The van der Waals surface area contributed by atoms with Crippen molar-refractivity contribution in [2.24, 2.45) is 11.8 Å². The fourth-order valence-corrected chi connectivity index (χ4v) is 3.24. The second-order valence-corrected chi connectivity index (χ2v) is 8.09. The van der Waals surface area contributed by atoms with Crippen LogP contribution in [0.5, 0.6) is 0 Å². The van der Waals surface area contributed by atoms with Gasteiger partial charge < -0.3 is 0 Å². The Labute approximate surface area is 102 Å². The zero-order chi connectivity index (χ0) is 12.8. The van der Waals surface area contributed by atoms with Crippen LogP contribution in [0, 0.1) is 11.8 Å². The molecule has 0 atom stereocenters. The molecule has 0 amide bonds. The Balaban J connectivity index is 4.39. The van der Waals surface area contributed by atoms with Gasteiger partial charge in [0.1, 0.15) is 0 Å². The lowest BCUT2D eigenvalue weighted by Gasteiger charge is -2.18. The van der Waals surface area contributed by atoms with Crippen LogP contribution >= 0.6 is 0 Å². The van der Waals surface area contributed by atoms with Crippen molar-refractivity contribution in [2.75, 3.05) is 5.75 Å². The van der Waals surface area contributed by atoms with Crippen LogP contribution in [0.3, 0.4) is 0 Å². The van der Waals surface area contributed by atoms with E-state index in [1.165, 1.54) is 0 Å². The highest BCUT2D eigenvalue weighted by Gasteiger charge is 2.23. The van der Waals surface area contributed by atoms with Gasteiger partial charge in [-0.25, -0.2) is 8.42 Å². The molecule has 0 aromatic rings. The molecular formula is C13H28O2S.